The van der Waals surface area contributed by atoms with Crippen LogP contribution in [0.2, 0.25) is 5.02 Å². The number of para-hydroxylation sites is 1. The van der Waals surface area contributed by atoms with Crippen LogP contribution >= 0.6 is 11.6 Å². The molecular weight excluding hydrogens is 316 g/mol. The average molecular weight is 331 g/mol. The molecular formula is C17H15ClN2O3. The van der Waals surface area contributed by atoms with Crippen molar-refractivity contribution < 1.29 is 14.3 Å². The lowest BCUT2D eigenvalue weighted by atomic mass is 10.1. The summed E-state index contributed by atoms with van der Waals surface area (Å²) in [6.07, 6.45) is 0. The van der Waals surface area contributed by atoms with Crippen LogP contribution in [0.5, 0.6) is 11.5 Å². The Labute approximate surface area is 138 Å². The zero-order chi connectivity index (χ0) is 16.2. The van der Waals surface area contributed by atoms with Gasteiger partial charge in [-0.25, -0.2) is 5.43 Å². The van der Waals surface area contributed by atoms with Crippen molar-refractivity contribution in [3.63, 3.8) is 0 Å². The minimum Gasteiger partial charge on any atom is -0.486 e. The molecule has 0 fully saturated rings. The number of carbonyl (C=O) groups excluding carboxylic acids is 1. The van der Waals surface area contributed by atoms with Gasteiger partial charge in [0, 0.05) is 5.02 Å². The minimum absolute atomic E-state index is 0.347. The molecule has 0 bridgehead atoms. The van der Waals surface area contributed by atoms with E-state index in [0.717, 1.165) is 5.56 Å². The number of ether oxygens (including phenoxy) is 2. The zero-order valence-corrected chi connectivity index (χ0v) is 13.3. The first-order valence-corrected chi connectivity index (χ1v) is 7.52. The van der Waals surface area contributed by atoms with Gasteiger partial charge in [0.15, 0.2) is 11.5 Å². The number of amides is 1. The molecule has 0 saturated heterocycles. The Kier molecular flexibility index (Phi) is 4.48. The van der Waals surface area contributed by atoms with E-state index >= 15 is 0 Å². The molecule has 1 amide bonds. The Morgan fingerprint density at radius 2 is 1.87 bits per heavy atom. The van der Waals surface area contributed by atoms with Gasteiger partial charge in [0.25, 0.3) is 5.91 Å². The van der Waals surface area contributed by atoms with E-state index in [4.69, 9.17) is 21.1 Å². The molecule has 0 aromatic heterocycles. The van der Waals surface area contributed by atoms with E-state index in [2.05, 4.69) is 10.5 Å². The largest absolute Gasteiger partial charge is 0.486 e. The van der Waals surface area contributed by atoms with Crippen molar-refractivity contribution in [2.24, 2.45) is 5.10 Å². The number of benzene rings is 2. The van der Waals surface area contributed by atoms with Gasteiger partial charge in [-0.1, -0.05) is 29.8 Å². The summed E-state index contributed by atoms with van der Waals surface area (Å²) in [4.78, 5) is 12.3. The fourth-order valence-corrected chi connectivity index (χ4v) is 2.33. The van der Waals surface area contributed by atoms with Crippen LogP contribution in [-0.4, -0.2) is 24.8 Å². The second kappa shape index (κ2) is 6.71. The molecule has 1 N–H and O–H groups in total. The number of nitrogens with one attached hydrogen (secondary N) is 1. The predicted octanol–water partition coefficient (Wildman–Crippen LogP) is 3.27. The summed E-state index contributed by atoms with van der Waals surface area (Å²) in [5.41, 5.74) is 4.50. The zero-order valence-electron chi connectivity index (χ0n) is 12.5. The molecule has 3 rings (SSSR count). The van der Waals surface area contributed by atoms with Crippen molar-refractivity contribution >= 4 is 23.2 Å². The topological polar surface area (TPSA) is 59.9 Å². The van der Waals surface area contributed by atoms with Crippen molar-refractivity contribution in [1.82, 2.24) is 5.43 Å². The summed E-state index contributed by atoms with van der Waals surface area (Å²) in [5.74, 6) is 0.679. The normalized spacial score (nSPS) is 13.6. The number of hydrogen-bond acceptors (Lipinski definition) is 4. The predicted molar refractivity (Wildman–Crippen MR) is 88.6 cm³/mol. The Bertz CT molecular complexity index is 757. The highest BCUT2D eigenvalue weighted by Crippen LogP contribution is 2.33. The van der Waals surface area contributed by atoms with Gasteiger partial charge < -0.3 is 9.47 Å². The second-order valence-corrected chi connectivity index (χ2v) is 5.41. The maximum atomic E-state index is 12.3. The number of nitrogens with zero attached hydrogens (tertiary/aromatic N) is 1. The molecule has 5 nitrogen and oxygen atoms in total. The third kappa shape index (κ3) is 3.46. The van der Waals surface area contributed by atoms with Crippen molar-refractivity contribution in [2.75, 3.05) is 13.2 Å². The molecule has 0 unspecified atom stereocenters. The van der Waals surface area contributed by atoms with Gasteiger partial charge in [-0.15, -0.1) is 0 Å². The number of hydrazone groups is 1. The maximum Gasteiger partial charge on any atom is 0.275 e. The van der Waals surface area contributed by atoms with Gasteiger partial charge in [-0.3, -0.25) is 4.79 Å². The van der Waals surface area contributed by atoms with E-state index in [0.29, 0.717) is 41.0 Å². The summed E-state index contributed by atoms with van der Waals surface area (Å²) in [7, 11) is 0. The molecule has 2 aromatic rings. The Hall–Kier alpha value is -2.53. The Morgan fingerprint density at radius 3 is 2.65 bits per heavy atom. The number of carbonyl (C=O) groups is 1. The van der Waals surface area contributed by atoms with E-state index in [-0.39, 0.29) is 5.91 Å². The molecule has 1 aliphatic rings. The van der Waals surface area contributed by atoms with Crippen molar-refractivity contribution in [2.45, 2.75) is 6.92 Å². The molecule has 6 heteroatoms. The first-order chi connectivity index (χ1) is 11.1. The molecule has 1 heterocycles. The summed E-state index contributed by atoms with van der Waals surface area (Å²) in [5, 5.41) is 4.78. The fourth-order valence-electron chi connectivity index (χ4n) is 2.20. The van der Waals surface area contributed by atoms with E-state index in [1.54, 1.807) is 30.3 Å². The Morgan fingerprint density at radius 1 is 1.13 bits per heavy atom. The SMILES string of the molecule is C/C(=N\NC(=O)c1cccc2c1OCCO2)c1ccc(Cl)cc1. The van der Waals surface area contributed by atoms with Crippen LogP contribution < -0.4 is 14.9 Å². The fraction of sp³-hybridized carbons (Fsp3) is 0.176. The highest BCUT2D eigenvalue weighted by molar-refractivity contribution is 6.30. The summed E-state index contributed by atoms with van der Waals surface area (Å²) in [6, 6.07) is 12.4. The number of hydrogen-bond donors (Lipinski definition) is 1. The lowest BCUT2D eigenvalue weighted by Gasteiger charge is -2.20. The minimum atomic E-state index is -0.347. The van der Waals surface area contributed by atoms with Crippen molar-refractivity contribution in [1.29, 1.82) is 0 Å². The molecule has 0 spiro atoms. The van der Waals surface area contributed by atoms with E-state index in [9.17, 15) is 4.79 Å². The number of fused-ring (bicyclic) bond motifs is 1. The summed E-state index contributed by atoms with van der Waals surface area (Å²) in [6.45, 7) is 2.71. The van der Waals surface area contributed by atoms with Crippen molar-refractivity contribution in [3.8, 4) is 11.5 Å². The van der Waals surface area contributed by atoms with Crippen LogP contribution in [0.4, 0.5) is 0 Å². The van der Waals surface area contributed by atoms with Gasteiger partial charge in [-0.05, 0) is 36.8 Å². The van der Waals surface area contributed by atoms with Crippen LogP contribution in [-0.2, 0) is 0 Å². The smallest absolute Gasteiger partial charge is 0.275 e. The van der Waals surface area contributed by atoms with E-state index < -0.39 is 0 Å². The molecule has 2 aromatic carbocycles. The maximum absolute atomic E-state index is 12.3. The first kappa shape index (κ1) is 15.4. The number of rotatable bonds is 3. The molecule has 0 aliphatic carbocycles. The molecule has 0 atom stereocenters. The highest BCUT2D eigenvalue weighted by atomic mass is 35.5. The first-order valence-electron chi connectivity index (χ1n) is 7.14. The van der Waals surface area contributed by atoms with E-state index in [1.807, 2.05) is 19.1 Å². The quantitative estimate of drug-likeness (QED) is 0.694. The highest BCUT2D eigenvalue weighted by Gasteiger charge is 2.20. The average Bonchev–Trinajstić information content (AvgIpc) is 2.59. The van der Waals surface area contributed by atoms with Gasteiger partial charge in [-0.2, -0.15) is 5.10 Å². The molecule has 0 saturated carbocycles. The Balaban J connectivity index is 1.77. The van der Waals surface area contributed by atoms with Gasteiger partial charge >= 0.3 is 0 Å². The van der Waals surface area contributed by atoms with Gasteiger partial charge in [0.05, 0.1) is 11.3 Å². The monoisotopic (exact) mass is 330 g/mol. The number of halogens is 1. The molecule has 0 radical (unpaired) electrons. The molecule has 1 aliphatic heterocycles. The van der Waals surface area contributed by atoms with Crippen LogP contribution in [0.25, 0.3) is 0 Å². The summed E-state index contributed by atoms with van der Waals surface area (Å²) >= 11 is 5.86. The summed E-state index contributed by atoms with van der Waals surface area (Å²) < 4.78 is 11.0. The van der Waals surface area contributed by atoms with Crippen LogP contribution in [0, 0.1) is 0 Å². The van der Waals surface area contributed by atoms with E-state index in [1.165, 1.54) is 0 Å². The van der Waals surface area contributed by atoms with Crippen LogP contribution in [0.3, 0.4) is 0 Å². The lowest BCUT2D eigenvalue weighted by Crippen LogP contribution is -2.23. The van der Waals surface area contributed by atoms with Gasteiger partial charge in [0.2, 0.25) is 0 Å². The third-order valence-corrected chi connectivity index (χ3v) is 3.65. The third-order valence-electron chi connectivity index (χ3n) is 3.40. The van der Waals surface area contributed by atoms with Crippen LogP contribution in [0.1, 0.15) is 22.8 Å². The standard InChI is InChI=1S/C17H15ClN2O3/c1-11(12-5-7-13(18)8-6-12)19-20-17(21)14-3-2-4-15-16(14)23-10-9-22-15/h2-8H,9-10H2,1H3,(H,20,21)/b19-11+. The van der Waals surface area contributed by atoms with Crippen LogP contribution in [0.15, 0.2) is 47.6 Å². The lowest BCUT2D eigenvalue weighted by molar-refractivity contribution is 0.0943. The second-order valence-electron chi connectivity index (χ2n) is 4.97. The molecule has 23 heavy (non-hydrogen) atoms. The van der Waals surface area contributed by atoms with Gasteiger partial charge in [0.1, 0.15) is 13.2 Å². The molecule has 118 valence electrons. The van der Waals surface area contributed by atoms with Crippen molar-refractivity contribution in [3.05, 3.63) is 58.6 Å².